The van der Waals surface area contributed by atoms with Crippen LogP contribution in [0.1, 0.15) is 431 Å². The molecule has 2 unspecified atom stereocenters. The fourth-order valence-electron chi connectivity index (χ4n) is 12.3. The van der Waals surface area contributed by atoms with E-state index in [1.54, 1.807) is 6.08 Å². The monoisotopic (exact) mass is 1220 g/mol. The Bertz CT molecular complexity index is 1450. The highest BCUT2D eigenvalue weighted by molar-refractivity contribution is 5.76. The lowest BCUT2D eigenvalue weighted by molar-refractivity contribution is -0.143. The first kappa shape index (κ1) is 84.8. The molecule has 1 amide bonds. The van der Waals surface area contributed by atoms with Gasteiger partial charge in [-0.3, -0.25) is 9.59 Å². The fourth-order valence-corrected chi connectivity index (χ4v) is 12.3. The van der Waals surface area contributed by atoms with Crippen LogP contribution in [0.15, 0.2) is 48.6 Å². The highest BCUT2D eigenvalue weighted by Gasteiger charge is 2.18. The normalized spacial score (nSPS) is 12.7. The molecule has 0 saturated carbocycles. The van der Waals surface area contributed by atoms with Gasteiger partial charge in [-0.15, -0.1) is 0 Å². The zero-order chi connectivity index (χ0) is 62.8. The molecule has 87 heavy (non-hydrogen) atoms. The van der Waals surface area contributed by atoms with Gasteiger partial charge in [-0.2, -0.15) is 0 Å². The molecule has 6 nitrogen and oxygen atoms in total. The van der Waals surface area contributed by atoms with Gasteiger partial charge >= 0.3 is 5.97 Å². The zero-order valence-corrected chi connectivity index (χ0v) is 58.8. The number of allylic oxidation sites excluding steroid dienone is 7. The van der Waals surface area contributed by atoms with Gasteiger partial charge in [-0.1, -0.05) is 377 Å². The number of esters is 1. The van der Waals surface area contributed by atoms with E-state index in [2.05, 4.69) is 55.6 Å². The number of ether oxygens (including phenoxy) is 1. The van der Waals surface area contributed by atoms with Crippen LogP contribution in [0, 0.1) is 0 Å². The van der Waals surface area contributed by atoms with E-state index in [0.717, 1.165) is 51.4 Å². The Balaban J connectivity index is 3.37. The van der Waals surface area contributed by atoms with Gasteiger partial charge in [0.25, 0.3) is 0 Å². The van der Waals surface area contributed by atoms with Crippen molar-refractivity contribution in [3.63, 3.8) is 0 Å². The van der Waals surface area contributed by atoms with Crippen LogP contribution in [0.4, 0.5) is 0 Å². The molecular formula is C81H153NO5. The Morgan fingerprint density at radius 1 is 0.322 bits per heavy atom. The molecule has 0 rings (SSSR count). The largest absolute Gasteiger partial charge is 0.466 e. The van der Waals surface area contributed by atoms with E-state index >= 15 is 0 Å². The van der Waals surface area contributed by atoms with Crippen molar-refractivity contribution in [1.29, 1.82) is 0 Å². The molecule has 0 aromatic carbocycles. The highest BCUT2D eigenvalue weighted by Crippen LogP contribution is 2.19. The second kappa shape index (κ2) is 76.3. The standard InChI is InChI=1S/C81H153NO5/c1-3-5-7-9-11-13-15-17-19-21-38-41-45-49-53-57-61-65-69-73-79(84)78(77-83)82-80(85)74-70-66-62-58-54-50-46-42-39-36-34-32-30-28-26-24-23-25-27-29-31-33-35-37-40-44-48-52-56-60-64-68-72-76-87-81(86)75-71-67-63-59-55-51-47-43-22-20-18-16-14-12-10-8-6-4-2/h14,16,20,22,27,29,69,73,78-79,83-84H,3-13,15,17-19,21,23-26,28,30-68,70-72,74-77H2,1-2H3,(H,82,85)/b16-14-,22-20-,29-27-,73-69+. The summed E-state index contributed by atoms with van der Waals surface area (Å²) in [6.45, 7) is 4.92. The molecule has 0 aliphatic heterocycles. The maximum atomic E-state index is 12.5. The molecule has 0 aliphatic rings. The summed E-state index contributed by atoms with van der Waals surface area (Å²) in [6.07, 6.45) is 101. The Morgan fingerprint density at radius 2 is 0.575 bits per heavy atom. The Morgan fingerprint density at radius 3 is 0.897 bits per heavy atom. The molecule has 2 atom stereocenters. The van der Waals surface area contributed by atoms with Gasteiger partial charge in [-0.05, 0) is 89.9 Å². The lowest BCUT2D eigenvalue weighted by atomic mass is 10.0. The van der Waals surface area contributed by atoms with Gasteiger partial charge in [0.2, 0.25) is 5.91 Å². The van der Waals surface area contributed by atoms with Crippen molar-refractivity contribution in [2.75, 3.05) is 13.2 Å². The minimum atomic E-state index is -0.844. The van der Waals surface area contributed by atoms with Crippen LogP contribution < -0.4 is 5.32 Å². The number of amides is 1. The first-order chi connectivity index (χ1) is 43.0. The number of hydrogen-bond donors (Lipinski definition) is 3. The highest BCUT2D eigenvalue weighted by atomic mass is 16.5. The average molecular weight is 1220 g/mol. The molecule has 0 saturated heterocycles. The smallest absolute Gasteiger partial charge is 0.305 e. The Hall–Kier alpha value is -2.18. The predicted molar refractivity (Wildman–Crippen MR) is 384 cm³/mol. The summed E-state index contributed by atoms with van der Waals surface area (Å²) in [7, 11) is 0. The number of aliphatic hydroxyl groups excluding tert-OH is 2. The first-order valence-electron chi connectivity index (χ1n) is 39.4. The Kier molecular flexibility index (Phi) is 74.4. The van der Waals surface area contributed by atoms with Gasteiger partial charge < -0.3 is 20.3 Å². The molecule has 0 aliphatic carbocycles. The van der Waals surface area contributed by atoms with Gasteiger partial charge in [0.15, 0.2) is 0 Å². The van der Waals surface area contributed by atoms with Crippen molar-refractivity contribution in [3.8, 4) is 0 Å². The summed E-state index contributed by atoms with van der Waals surface area (Å²) in [6, 6.07) is -0.627. The molecule has 0 bridgehead atoms. The van der Waals surface area contributed by atoms with Crippen LogP contribution >= 0.6 is 0 Å². The van der Waals surface area contributed by atoms with Gasteiger partial charge in [0, 0.05) is 12.8 Å². The van der Waals surface area contributed by atoms with Crippen LogP contribution in [0.3, 0.4) is 0 Å². The SMILES string of the molecule is CCCCCC/C=C\C/C=C\CCCCCCCCCC(=O)OCCCCCCCCCCCCCC/C=C\CCCCCCCCCCCCCCCCCCCC(=O)NC(CO)C(O)/C=C/CCCCCCCCCCCCCCCCCCC. The predicted octanol–water partition coefficient (Wildman–Crippen LogP) is 26.0. The topological polar surface area (TPSA) is 95.9 Å². The van der Waals surface area contributed by atoms with Crippen LogP contribution in [0.2, 0.25) is 0 Å². The number of carbonyl (C=O) groups is 2. The fraction of sp³-hybridized carbons (Fsp3) is 0.877. The molecule has 3 N–H and O–H groups in total. The molecule has 0 aromatic heterocycles. The maximum Gasteiger partial charge on any atom is 0.305 e. The summed E-state index contributed by atoms with van der Waals surface area (Å²) in [4.78, 5) is 24.6. The van der Waals surface area contributed by atoms with Crippen LogP contribution in [-0.4, -0.2) is 47.4 Å². The maximum absolute atomic E-state index is 12.5. The quantitative estimate of drug-likeness (QED) is 0.0320. The van der Waals surface area contributed by atoms with Gasteiger partial charge in [0.05, 0.1) is 25.4 Å². The second-order valence-electron chi connectivity index (χ2n) is 27.0. The molecule has 6 heteroatoms. The number of hydrogen-bond acceptors (Lipinski definition) is 5. The summed E-state index contributed by atoms with van der Waals surface area (Å²) < 4.78 is 5.51. The van der Waals surface area contributed by atoms with E-state index in [-0.39, 0.29) is 18.5 Å². The van der Waals surface area contributed by atoms with E-state index in [0.29, 0.717) is 19.4 Å². The lowest BCUT2D eigenvalue weighted by Gasteiger charge is -2.20. The summed E-state index contributed by atoms with van der Waals surface area (Å²) >= 11 is 0. The zero-order valence-electron chi connectivity index (χ0n) is 58.8. The molecule has 0 heterocycles. The summed E-state index contributed by atoms with van der Waals surface area (Å²) in [5.41, 5.74) is 0. The van der Waals surface area contributed by atoms with Crippen LogP contribution in [0.25, 0.3) is 0 Å². The van der Waals surface area contributed by atoms with Crippen LogP contribution in [-0.2, 0) is 14.3 Å². The van der Waals surface area contributed by atoms with Gasteiger partial charge in [-0.25, -0.2) is 0 Å². The number of unbranched alkanes of at least 4 members (excludes halogenated alkanes) is 57. The van der Waals surface area contributed by atoms with Gasteiger partial charge in [0.1, 0.15) is 0 Å². The number of carbonyl (C=O) groups excluding carboxylic acids is 2. The average Bonchev–Trinajstić information content (AvgIpc) is 3.56. The third kappa shape index (κ3) is 72.8. The van der Waals surface area contributed by atoms with Crippen molar-refractivity contribution >= 4 is 11.9 Å². The Labute approximate surface area is 544 Å². The van der Waals surface area contributed by atoms with E-state index in [4.69, 9.17) is 4.74 Å². The third-order valence-corrected chi connectivity index (χ3v) is 18.3. The van der Waals surface area contributed by atoms with Crippen molar-refractivity contribution in [2.45, 2.75) is 443 Å². The number of nitrogens with one attached hydrogen (secondary N) is 1. The second-order valence-corrected chi connectivity index (χ2v) is 27.0. The van der Waals surface area contributed by atoms with Crippen molar-refractivity contribution in [3.05, 3.63) is 48.6 Å². The first-order valence-corrected chi connectivity index (χ1v) is 39.4. The van der Waals surface area contributed by atoms with Crippen molar-refractivity contribution < 1.29 is 24.5 Å². The molecule has 0 aromatic rings. The minimum Gasteiger partial charge on any atom is -0.466 e. The molecule has 0 radical (unpaired) electrons. The van der Waals surface area contributed by atoms with Crippen molar-refractivity contribution in [1.82, 2.24) is 5.32 Å². The van der Waals surface area contributed by atoms with Crippen LogP contribution in [0.5, 0.6) is 0 Å². The van der Waals surface area contributed by atoms with E-state index in [9.17, 15) is 19.8 Å². The van der Waals surface area contributed by atoms with E-state index in [1.807, 2.05) is 6.08 Å². The third-order valence-electron chi connectivity index (χ3n) is 18.3. The number of aliphatic hydroxyl groups is 2. The summed E-state index contributed by atoms with van der Waals surface area (Å²) in [5, 5.41) is 23.3. The van der Waals surface area contributed by atoms with E-state index < -0.39 is 12.1 Å². The molecule has 0 fully saturated rings. The minimum absolute atomic E-state index is 0.0115. The molecule has 0 spiro atoms. The lowest BCUT2D eigenvalue weighted by Crippen LogP contribution is -2.45. The van der Waals surface area contributed by atoms with E-state index in [1.165, 1.54) is 353 Å². The summed E-state index contributed by atoms with van der Waals surface area (Å²) in [5.74, 6) is -0.0497. The molecule has 512 valence electrons. The number of rotatable bonds is 74. The molecular weight excluding hydrogens is 1070 g/mol. The van der Waals surface area contributed by atoms with Crippen molar-refractivity contribution in [2.24, 2.45) is 0 Å².